The molecule has 0 unspecified atom stereocenters. The van der Waals surface area contributed by atoms with Crippen molar-refractivity contribution in [2.45, 2.75) is 17.0 Å². The molecule has 5 heteroatoms. The normalized spacial score (nSPS) is 20.1. The van der Waals surface area contributed by atoms with Crippen molar-refractivity contribution in [1.29, 1.82) is 0 Å². The molecule has 0 heterocycles. The van der Waals surface area contributed by atoms with Crippen molar-refractivity contribution in [1.82, 2.24) is 0 Å². The standard InChI is InChI=1S/C5H11BrO4/c6-3(1-7)5(10)4(9)2-8/h3-5,7-10H,1-2H2/t3-,4+,5-/m0/s1. The largest absolute Gasteiger partial charge is 0.395 e. The van der Waals surface area contributed by atoms with Crippen LogP contribution >= 0.6 is 15.9 Å². The number of hydrogen-bond acceptors (Lipinski definition) is 4. The number of alkyl halides is 1. The van der Waals surface area contributed by atoms with Crippen LogP contribution in [0.5, 0.6) is 0 Å². The molecule has 0 saturated carbocycles. The first-order chi connectivity index (χ1) is 4.63. The van der Waals surface area contributed by atoms with E-state index < -0.39 is 23.6 Å². The molecule has 0 saturated heterocycles. The highest BCUT2D eigenvalue weighted by Crippen LogP contribution is 2.08. The van der Waals surface area contributed by atoms with Gasteiger partial charge in [0.2, 0.25) is 0 Å². The molecule has 0 aromatic rings. The summed E-state index contributed by atoms with van der Waals surface area (Å²) in [5.74, 6) is 0. The summed E-state index contributed by atoms with van der Waals surface area (Å²) in [5.41, 5.74) is 0. The molecule has 0 fully saturated rings. The fourth-order valence-corrected chi connectivity index (χ4v) is 0.809. The van der Waals surface area contributed by atoms with Crippen LogP contribution in [0.1, 0.15) is 0 Å². The minimum Gasteiger partial charge on any atom is -0.395 e. The number of aliphatic hydroxyl groups is 4. The van der Waals surface area contributed by atoms with Crippen LogP contribution in [-0.2, 0) is 0 Å². The van der Waals surface area contributed by atoms with Crippen molar-refractivity contribution in [3.8, 4) is 0 Å². The van der Waals surface area contributed by atoms with Gasteiger partial charge in [-0.2, -0.15) is 0 Å². The minimum absolute atomic E-state index is 0.280. The average molecular weight is 215 g/mol. The Bertz CT molecular complexity index is 79.7. The van der Waals surface area contributed by atoms with Crippen molar-refractivity contribution in [2.24, 2.45) is 0 Å². The topological polar surface area (TPSA) is 80.9 Å². The Morgan fingerprint density at radius 2 is 1.60 bits per heavy atom. The third kappa shape index (κ3) is 2.94. The maximum atomic E-state index is 8.97. The smallest absolute Gasteiger partial charge is 0.104 e. The van der Waals surface area contributed by atoms with Crippen molar-refractivity contribution in [3.63, 3.8) is 0 Å². The molecule has 0 amide bonds. The first-order valence-corrected chi connectivity index (χ1v) is 3.77. The Labute approximate surface area is 67.2 Å². The Morgan fingerprint density at radius 1 is 1.10 bits per heavy atom. The third-order valence-electron chi connectivity index (χ3n) is 1.13. The summed E-state index contributed by atoms with van der Waals surface area (Å²) in [7, 11) is 0. The highest BCUT2D eigenvalue weighted by atomic mass is 79.9. The maximum absolute atomic E-state index is 8.97. The molecule has 4 nitrogen and oxygen atoms in total. The molecule has 0 aromatic heterocycles. The summed E-state index contributed by atoms with van der Waals surface area (Å²) < 4.78 is 0. The number of rotatable bonds is 4. The highest BCUT2D eigenvalue weighted by molar-refractivity contribution is 9.09. The minimum atomic E-state index is -1.20. The number of aliphatic hydroxyl groups excluding tert-OH is 4. The van der Waals surface area contributed by atoms with Gasteiger partial charge in [0.1, 0.15) is 6.10 Å². The van der Waals surface area contributed by atoms with Crippen molar-refractivity contribution in [2.75, 3.05) is 13.2 Å². The molecule has 0 aromatic carbocycles. The first kappa shape index (κ1) is 10.3. The number of hydrogen-bond donors (Lipinski definition) is 4. The Balaban J connectivity index is 3.69. The van der Waals surface area contributed by atoms with Gasteiger partial charge in [-0.05, 0) is 0 Å². The van der Waals surface area contributed by atoms with Gasteiger partial charge in [0.05, 0.1) is 24.1 Å². The van der Waals surface area contributed by atoms with Gasteiger partial charge < -0.3 is 20.4 Å². The van der Waals surface area contributed by atoms with E-state index in [9.17, 15) is 0 Å². The lowest BCUT2D eigenvalue weighted by Crippen LogP contribution is -2.38. The third-order valence-corrected chi connectivity index (χ3v) is 1.96. The van der Waals surface area contributed by atoms with E-state index in [-0.39, 0.29) is 6.61 Å². The van der Waals surface area contributed by atoms with Gasteiger partial charge in [-0.25, -0.2) is 0 Å². The average Bonchev–Trinajstić information content (AvgIpc) is 2.00. The highest BCUT2D eigenvalue weighted by Gasteiger charge is 2.22. The van der Waals surface area contributed by atoms with Crippen molar-refractivity contribution in [3.05, 3.63) is 0 Å². The molecule has 4 N–H and O–H groups in total. The summed E-state index contributed by atoms with van der Waals surface area (Å²) in [6.07, 6.45) is -2.33. The van der Waals surface area contributed by atoms with Gasteiger partial charge in [0.15, 0.2) is 0 Å². The van der Waals surface area contributed by atoms with E-state index in [0.717, 1.165) is 0 Å². The van der Waals surface area contributed by atoms with E-state index in [0.29, 0.717) is 0 Å². The van der Waals surface area contributed by atoms with Crippen LogP contribution in [0, 0.1) is 0 Å². The van der Waals surface area contributed by atoms with Crippen molar-refractivity contribution < 1.29 is 20.4 Å². The van der Waals surface area contributed by atoms with E-state index in [1.165, 1.54) is 0 Å². The van der Waals surface area contributed by atoms with E-state index in [4.69, 9.17) is 20.4 Å². The van der Waals surface area contributed by atoms with E-state index in [1.54, 1.807) is 0 Å². The lowest BCUT2D eigenvalue weighted by atomic mass is 10.1. The molecule has 0 rings (SSSR count). The van der Waals surface area contributed by atoms with Crippen molar-refractivity contribution >= 4 is 15.9 Å². The zero-order chi connectivity index (χ0) is 8.15. The Kier molecular flexibility index (Phi) is 5.20. The predicted molar refractivity (Wildman–Crippen MR) is 38.9 cm³/mol. The molecule has 0 aliphatic rings. The molecule has 0 spiro atoms. The summed E-state index contributed by atoms with van der Waals surface area (Å²) in [6, 6.07) is 0. The summed E-state index contributed by atoms with van der Waals surface area (Å²) in [6.45, 7) is -0.790. The maximum Gasteiger partial charge on any atom is 0.104 e. The molecule has 0 aliphatic carbocycles. The van der Waals surface area contributed by atoms with Crippen LogP contribution in [0.15, 0.2) is 0 Å². The fraction of sp³-hybridized carbons (Fsp3) is 1.00. The van der Waals surface area contributed by atoms with E-state index in [2.05, 4.69) is 15.9 Å². The Morgan fingerprint density at radius 3 is 1.90 bits per heavy atom. The molecule has 10 heavy (non-hydrogen) atoms. The zero-order valence-electron chi connectivity index (χ0n) is 5.31. The van der Waals surface area contributed by atoms with Gasteiger partial charge in [-0.15, -0.1) is 0 Å². The molecule has 3 atom stereocenters. The molecule has 0 bridgehead atoms. The van der Waals surface area contributed by atoms with Crippen LogP contribution in [0.25, 0.3) is 0 Å². The summed E-state index contributed by atoms with van der Waals surface area (Å²) in [4.78, 5) is -0.588. The monoisotopic (exact) mass is 214 g/mol. The van der Waals surface area contributed by atoms with Gasteiger partial charge in [-0.1, -0.05) is 15.9 Å². The first-order valence-electron chi connectivity index (χ1n) is 2.85. The van der Waals surface area contributed by atoms with E-state index in [1.807, 2.05) is 0 Å². The molecule has 0 aliphatic heterocycles. The Hall–Kier alpha value is 0.320. The predicted octanol–water partition coefficient (Wildman–Crippen LogP) is -1.54. The number of halogens is 1. The van der Waals surface area contributed by atoms with Gasteiger partial charge in [0.25, 0.3) is 0 Å². The fourth-order valence-electron chi connectivity index (χ4n) is 0.457. The van der Waals surface area contributed by atoms with Crippen LogP contribution in [0.4, 0.5) is 0 Å². The quantitative estimate of drug-likeness (QED) is 0.428. The summed E-state index contributed by atoms with van der Waals surface area (Å²) in [5, 5.41) is 34.5. The van der Waals surface area contributed by atoms with Gasteiger partial charge in [-0.3, -0.25) is 0 Å². The summed E-state index contributed by atoms with van der Waals surface area (Å²) >= 11 is 2.91. The lowest BCUT2D eigenvalue weighted by molar-refractivity contribution is -0.0193. The second-order valence-corrected chi connectivity index (χ2v) is 3.12. The second-order valence-electron chi connectivity index (χ2n) is 1.94. The van der Waals surface area contributed by atoms with Crippen LogP contribution in [0.3, 0.4) is 0 Å². The lowest BCUT2D eigenvalue weighted by Gasteiger charge is -2.18. The SMILES string of the molecule is OC[C@@H](O)[C@@H](O)[C@@H](Br)CO. The molecule has 62 valence electrons. The van der Waals surface area contributed by atoms with Crippen LogP contribution < -0.4 is 0 Å². The van der Waals surface area contributed by atoms with E-state index >= 15 is 0 Å². The zero-order valence-corrected chi connectivity index (χ0v) is 6.90. The molecule has 0 radical (unpaired) electrons. The second kappa shape index (κ2) is 5.03. The molecular formula is C5H11BrO4. The van der Waals surface area contributed by atoms with Gasteiger partial charge in [0, 0.05) is 0 Å². The molecular weight excluding hydrogens is 204 g/mol. The van der Waals surface area contributed by atoms with Gasteiger partial charge >= 0.3 is 0 Å². The van der Waals surface area contributed by atoms with Crippen LogP contribution in [-0.4, -0.2) is 50.7 Å². The van der Waals surface area contributed by atoms with Crippen LogP contribution in [0.2, 0.25) is 0 Å².